The van der Waals surface area contributed by atoms with E-state index in [9.17, 15) is 23.3 Å². The van der Waals surface area contributed by atoms with Gasteiger partial charge in [-0.1, -0.05) is 0 Å². The molecule has 3 rings (SSSR count). The fourth-order valence-corrected chi connectivity index (χ4v) is 3.41. The van der Waals surface area contributed by atoms with Crippen molar-refractivity contribution in [1.29, 1.82) is 0 Å². The molecule has 0 aliphatic carbocycles. The highest BCUT2D eigenvalue weighted by Crippen LogP contribution is 2.22. The van der Waals surface area contributed by atoms with Gasteiger partial charge in [0.2, 0.25) is 5.96 Å². The van der Waals surface area contributed by atoms with Crippen LogP contribution < -0.4 is 17.0 Å². The number of benzene rings is 2. The summed E-state index contributed by atoms with van der Waals surface area (Å²) in [7, 11) is -4.03. The van der Waals surface area contributed by atoms with Crippen molar-refractivity contribution in [2.45, 2.75) is 11.8 Å². The number of nitrogens with zero attached hydrogens (tertiary/aromatic N) is 5. The maximum absolute atomic E-state index is 12.6. The number of hydrogen-bond acceptors (Lipinski definition) is 7. The highest BCUT2D eigenvalue weighted by Gasteiger charge is 2.15. The van der Waals surface area contributed by atoms with E-state index in [2.05, 4.69) is 19.7 Å². The van der Waals surface area contributed by atoms with Crippen LogP contribution in [0.2, 0.25) is 0 Å². The highest BCUT2D eigenvalue weighted by atomic mass is 32.2. The average Bonchev–Trinajstić information content (AvgIpc) is 2.99. The van der Waals surface area contributed by atoms with Crippen molar-refractivity contribution < 1.29 is 13.3 Å². The Labute approximate surface area is 174 Å². The van der Waals surface area contributed by atoms with Crippen LogP contribution in [0.25, 0.3) is 5.69 Å². The molecule has 0 bridgehead atoms. The van der Waals surface area contributed by atoms with E-state index in [0.29, 0.717) is 11.4 Å². The van der Waals surface area contributed by atoms with Crippen molar-refractivity contribution >= 4 is 33.0 Å². The van der Waals surface area contributed by atoms with Crippen LogP contribution in [0, 0.1) is 17.0 Å². The average molecular weight is 444 g/mol. The molecule has 0 unspecified atom stereocenters. The van der Waals surface area contributed by atoms with Gasteiger partial charge in [-0.2, -0.15) is 13.5 Å². The van der Waals surface area contributed by atoms with E-state index in [4.69, 9.17) is 11.5 Å². The van der Waals surface area contributed by atoms with E-state index in [0.717, 1.165) is 0 Å². The fourth-order valence-electron chi connectivity index (χ4n) is 2.54. The molecule has 1 heterocycles. The summed E-state index contributed by atoms with van der Waals surface area (Å²) < 4.78 is 28.2. The molecule has 0 saturated heterocycles. The Morgan fingerprint density at radius 2 is 1.68 bits per heavy atom. The number of sulfonamides is 1. The minimum Gasteiger partial charge on any atom is -0.369 e. The maximum atomic E-state index is 12.6. The molecular formula is C17H16N8O5S. The lowest BCUT2D eigenvalue weighted by Crippen LogP contribution is -2.24. The standard InChI is InChI=1S/C17H16N8O5S/c1-10-15(16(26)24(22-10)12-4-6-13(7-5-12)25(27)28)21-20-11-2-8-14(9-3-11)31(29,30)23-17(18)19/h2-9,22H,1H3,(H4,18,19,23). The van der Waals surface area contributed by atoms with Gasteiger partial charge in [-0.3, -0.25) is 20.0 Å². The number of nitrogens with two attached hydrogens (primary N) is 2. The topological polar surface area (TPSA) is 204 Å². The summed E-state index contributed by atoms with van der Waals surface area (Å²) in [6, 6.07) is 10.6. The number of azo groups is 1. The van der Waals surface area contributed by atoms with Crippen molar-refractivity contribution in [2.75, 3.05) is 0 Å². The predicted molar refractivity (Wildman–Crippen MR) is 111 cm³/mol. The Balaban J connectivity index is 1.87. The Kier molecular flexibility index (Phi) is 5.65. The molecule has 0 radical (unpaired) electrons. The molecule has 13 nitrogen and oxygen atoms in total. The third-order valence-corrected chi connectivity index (χ3v) is 5.30. The highest BCUT2D eigenvalue weighted by molar-refractivity contribution is 7.90. The third-order valence-electron chi connectivity index (χ3n) is 3.98. The summed E-state index contributed by atoms with van der Waals surface area (Å²) in [6.07, 6.45) is 0. The molecule has 0 aliphatic rings. The van der Waals surface area contributed by atoms with E-state index >= 15 is 0 Å². The van der Waals surface area contributed by atoms with Gasteiger partial charge in [0, 0.05) is 12.1 Å². The van der Waals surface area contributed by atoms with Gasteiger partial charge < -0.3 is 11.5 Å². The van der Waals surface area contributed by atoms with Gasteiger partial charge in [-0.25, -0.2) is 4.68 Å². The molecule has 31 heavy (non-hydrogen) atoms. The van der Waals surface area contributed by atoms with Crippen molar-refractivity contribution in [3.8, 4) is 5.69 Å². The second-order valence-corrected chi connectivity index (χ2v) is 7.79. The molecule has 2 aromatic carbocycles. The van der Waals surface area contributed by atoms with Crippen LogP contribution in [0.15, 0.2) is 72.8 Å². The van der Waals surface area contributed by atoms with Crippen LogP contribution in [0.5, 0.6) is 0 Å². The zero-order valence-electron chi connectivity index (χ0n) is 16.0. The van der Waals surface area contributed by atoms with Crippen LogP contribution in [0.1, 0.15) is 5.69 Å². The van der Waals surface area contributed by atoms with Crippen LogP contribution in [-0.2, 0) is 10.0 Å². The Hall–Kier alpha value is -4.33. The van der Waals surface area contributed by atoms with E-state index in [1.807, 2.05) is 0 Å². The molecule has 0 atom stereocenters. The zero-order chi connectivity index (χ0) is 22.8. The largest absolute Gasteiger partial charge is 0.369 e. The monoisotopic (exact) mass is 444 g/mol. The summed E-state index contributed by atoms with van der Waals surface area (Å²) >= 11 is 0. The third kappa shape index (κ3) is 4.64. The quantitative estimate of drug-likeness (QED) is 0.169. The van der Waals surface area contributed by atoms with Gasteiger partial charge in [-0.05, 0) is 43.3 Å². The number of non-ortho nitro benzene ring substituents is 1. The molecular weight excluding hydrogens is 428 g/mol. The molecule has 3 aromatic rings. The van der Waals surface area contributed by atoms with E-state index in [-0.39, 0.29) is 22.0 Å². The minimum absolute atomic E-state index is 0.0237. The molecule has 1 aromatic heterocycles. The van der Waals surface area contributed by atoms with Gasteiger partial charge in [0.15, 0.2) is 5.69 Å². The van der Waals surface area contributed by atoms with E-state index in [1.165, 1.54) is 53.2 Å². The Morgan fingerprint density at radius 1 is 1.06 bits per heavy atom. The number of guanidine groups is 1. The lowest BCUT2D eigenvalue weighted by molar-refractivity contribution is -0.384. The number of aryl methyl sites for hydroxylation is 1. The van der Waals surface area contributed by atoms with Crippen molar-refractivity contribution in [1.82, 2.24) is 9.78 Å². The molecule has 160 valence electrons. The van der Waals surface area contributed by atoms with E-state index < -0.39 is 26.5 Å². The first-order valence-corrected chi connectivity index (χ1v) is 9.96. The maximum Gasteiger partial charge on any atom is 0.299 e. The molecule has 0 saturated carbocycles. The zero-order valence-corrected chi connectivity index (χ0v) is 16.8. The first kappa shape index (κ1) is 21.4. The van der Waals surface area contributed by atoms with Gasteiger partial charge in [0.1, 0.15) is 0 Å². The second-order valence-electron chi connectivity index (χ2n) is 6.18. The molecule has 0 spiro atoms. The van der Waals surface area contributed by atoms with Crippen molar-refractivity contribution in [2.24, 2.45) is 26.1 Å². The number of rotatable bonds is 6. The van der Waals surface area contributed by atoms with Gasteiger partial charge in [0.25, 0.3) is 21.3 Å². The summed E-state index contributed by atoms with van der Waals surface area (Å²) in [5.41, 5.74) is 10.7. The SMILES string of the molecule is Cc1[nH]n(-c2ccc([N+](=O)[O-])cc2)c(=O)c1N=Nc1ccc(S(=O)(=O)N=C(N)N)cc1. The van der Waals surface area contributed by atoms with Gasteiger partial charge in [0.05, 0.1) is 26.9 Å². The number of aromatic amines is 1. The number of H-pyrrole nitrogens is 1. The Morgan fingerprint density at radius 3 is 2.23 bits per heavy atom. The summed E-state index contributed by atoms with van der Waals surface area (Å²) in [4.78, 5) is 22.7. The summed E-state index contributed by atoms with van der Waals surface area (Å²) in [6.45, 7) is 1.61. The smallest absolute Gasteiger partial charge is 0.299 e. The van der Waals surface area contributed by atoms with E-state index in [1.54, 1.807) is 6.92 Å². The van der Waals surface area contributed by atoms with Crippen LogP contribution in [-0.4, -0.2) is 29.1 Å². The summed E-state index contributed by atoms with van der Waals surface area (Å²) in [5, 5.41) is 21.5. The first-order valence-electron chi connectivity index (χ1n) is 8.52. The van der Waals surface area contributed by atoms with Crippen LogP contribution in [0.4, 0.5) is 17.1 Å². The second kappa shape index (κ2) is 8.19. The summed E-state index contributed by atoms with van der Waals surface area (Å²) in [5.74, 6) is -0.587. The number of nitro benzene ring substituents is 1. The molecule has 0 fully saturated rings. The number of nitrogens with one attached hydrogen (secondary N) is 1. The fraction of sp³-hybridized carbons (Fsp3) is 0.0588. The van der Waals surface area contributed by atoms with Crippen molar-refractivity contribution in [3.05, 3.63) is 74.7 Å². The molecule has 5 N–H and O–H groups in total. The Bertz CT molecular complexity index is 1350. The lowest BCUT2D eigenvalue weighted by Gasteiger charge is -2.00. The van der Waals surface area contributed by atoms with Crippen molar-refractivity contribution in [3.63, 3.8) is 0 Å². The normalized spacial score (nSPS) is 11.5. The predicted octanol–water partition coefficient (Wildman–Crippen LogP) is 1.76. The van der Waals surface area contributed by atoms with Crippen LogP contribution >= 0.6 is 0 Å². The number of aromatic nitrogens is 2. The molecule has 0 aliphatic heterocycles. The van der Waals surface area contributed by atoms with Gasteiger partial charge in [-0.15, -0.1) is 9.51 Å². The first-order chi connectivity index (χ1) is 14.6. The number of nitro groups is 1. The number of hydrogen-bond donors (Lipinski definition) is 3. The minimum atomic E-state index is -4.03. The van der Waals surface area contributed by atoms with Crippen LogP contribution in [0.3, 0.4) is 0 Å². The molecule has 0 amide bonds. The van der Waals surface area contributed by atoms with Gasteiger partial charge >= 0.3 is 0 Å². The lowest BCUT2D eigenvalue weighted by atomic mass is 10.3. The molecule has 14 heteroatoms.